The molecule has 0 aliphatic heterocycles. The Bertz CT molecular complexity index is 1210. The summed E-state index contributed by atoms with van der Waals surface area (Å²) < 4.78 is 42.3. The number of para-hydroxylation sites is 2. The van der Waals surface area contributed by atoms with Gasteiger partial charge in [-0.1, -0.05) is 23.7 Å². The van der Waals surface area contributed by atoms with Crippen molar-refractivity contribution in [1.29, 1.82) is 0 Å². The van der Waals surface area contributed by atoms with Crippen molar-refractivity contribution in [3.8, 4) is 0 Å². The second kappa shape index (κ2) is 8.65. The molecule has 0 bridgehead atoms. The van der Waals surface area contributed by atoms with E-state index < -0.39 is 17.6 Å². The Morgan fingerprint density at radius 1 is 1.09 bits per heavy atom. The van der Waals surface area contributed by atoms with Crippen LogP contribution in [0.2, 0.25) is 5.02 Å². The molecule has 1 heterocycles. The van der Waals surface area contributed by atoms with E-state index in [0.717, 1.165) is 42.1 Å². The number of halogens is 4. The average Bonchev–Trinajstić information content (AvgIpc) is 2.99. The third kappa shape index (κ3) is 4.41. The normalized spacial score (nSPS) is 19.3. The van der Waals surface area contributed by atoms with Crippen molar-refractivity contribution in [1.82, 2.24) is 14.5 Å². The van der Waals surface area contributed by atoms with Crippen LogP contribution in [0.25, 0.3) is 11.0 Å². The van der Waals surface area contributed by atoms with Crippen LogP contribution in [-0.2, 0) is 19.8 Å². The zero-order valence-electron chi connectivity index (χ0n) is 17.5. The number of aryl methyl sites for hydroxylation is 1. The Kier molecular flexibility index (Phi) is 6.07. The molecule has 0 spiro atoms. The minimum absolute atomic E-state index is 0.0143. The minimum atomic E-state index is -4.54. The van der Waals surface area contributed by atoms with Crippen LogP contribution in [0.4, 0.5) is 13.2 Å². The first-order chi connectivity index (χ1) is 15.1. The van der Waals surface area contributed by atoms with Gasteiger partial charge < -0.3 is 5.32 Å². The van der Waals surface area contributed by atoms with Gasteiger partial charge in [0.2, 0.25) is 0 Å². The van der Waals surface area contributed by atoms with Gasteiger partial charge in [-0.05, 0) is 61.9 Å². The third-order valence-electron chi connectivity index (χ3n) is 6.21. The smallest absolute Gasteiger partial charge is 0.349 e. The number of carbonyl (C=O) groups excluding carboxylic acids is 1. The summed E-state index contributed by atoms with van der Waals surface area (Å²) in [4.78, 5) is 25.2. The Morgan fingerprint density at radius 2 is 1.75 bits per heavy atom. The molecular weight excluding hydrogens is 443 g/mol. The monoisotopic (exact) mass is 465 g/mol. The van der Waals surface area contributed by atoms with Gasteiger partial charge in [-0.25, -0.2) is 4.79 Å². The molecule has 0 atom stereocenters. The zero-order chi connectivity index (χ0) is 23.0. The van der Waals surface area contributed by atoms with Crippen LogP contribution in [0, 0.1) is 5.92 Å². The summed E-state index contributed by atoms with van der Waals surface area (Å²) in [6.45, 7) is 0.598. The number of imidazole rings is 1. The molecule has 1 N–H and O–H groups in total. The van der Waals surface area contributed by atoms with Gasteiger partial charge in [0.15, 0.2) is 0 Å². The number of hydrogen-bond donors (Lipinski definition) is 1. The van der Waals surface area contributed by atoms with Crippen molar-refractivity contribution in [2.24, 2.45) is 13.0 Å². The lowest BCUT2D eigenvalue weighted by atomic mass is 9.85. The second-order valence-electron chi connectivity index (χ2n) is 8.32. The number of amides is 1. The molecule has 0 radical (unpaired) electrons. The van der Waals surface area contributed by atoms with E-state index in [1.807, 2.05) is 24.3 Å². The average molecular weight is 466 g/mol. The molecule has 1 aliphatic rings. The van der Waals surface area contributed by atoms with Crippen LogP contribution in [0.3, 0.4) is 0 Å². The lowest BCUT2D eigenvalue weighted by Gasteiger charge is -2.29. The number of hydrogen-bond acceptors (Lipinski definition) is 2. The standard InChI is InChI=1S/C23H23ClF3N3O2/c1-29-19-4-2-3-5-20(19)30(22(29)32)13-14-6-9-16(10-7-14)28-21(31)17-12-15(23(25,26)27)8-11-18(17)24/h2-5,8,11-12,14,16H,6-7,9-10,13H2,1H3,(H,28,31)/t14-,16-. The molecule has 32 heavy (non-hydrogen) atoms. The highest BCUT2D eigenvalue weighted by Crippen LogP contribution is 2.32. The van der Waals surface area contributed by atoms with E-state index in [4.69, 9.17) is 11.6 Å². The first kappa shape index (κ1) is 22.5. The second-order valence-corrected chi connectivity index (χ2v) is 8.73. The SMILES string of the molecule is Cn1c(=O)n(C[C@H]2CC[C@H](NC(=O)c3cc(C(F)(F)F)ccc3Cl)CC2)c2ccccc21. The molecule has 1 aliphatic carbocycles. The van der Waals surface area contributed by atoms with E-state index >= 15 is 0 Å². The number of carbonyl (C=O) groups is 1. The Hall–Kier alpha value is -2.74. The van der Waals surface area contributed by atoms with Crippen LogP contribution in [0.15, 0.2) is 47.3 Å². The van der Waals surface area contributed by atoms with E-state index in [-0.39, 0.29) is 28.2 Å². The van der Waals surface area contributed by atoms with Gasteiger partial charge >= 0.3 is 11.9 Å². The van der Waals surface area contributed by atoms with E-state index in [2.05, 4.69) is 5.32 Å². The van der Waals surface area contributed by atoms with Crippen molar-refractivity contribution in [2.45, 2.75) is 44.4 Å². The van der Waals surface area contributed by atoms with Crippen LogP contribution in [0.5, 0.6) is 0 Å². The van der Waals surface area contributed by atoms with Gasteiger partial charge in [-0.3, -0.25) is 13.9 Å². The van der Waals surface area contributed by atoms with Gasteiger partial charge in [0, 0.05) is 19.6 Å². The number of nitrogens with one attached hydrogen (secondary N) is 1. The van der Waals surface area contributed by atoms with Crippen molar-refractivity contribution in [3.63, 3.8) is 0 Å². The van der Waals surface area contributed by atoms with Crippen molar-refractivity contribution >= 4 is 28.5 Å². The number of benzene rings is 2. The summed E-state index contributed by atoms with van der Waals surface area (Å²) in [7, 11) is 1.76. The van der Waals surface area contributed by atoms with Crippen LogP contribution < -0.4 is 11.0 Å². The van der Waals surface area contributed by atoms with E-state index in [1.165, 1.54) is 0 Å². The molecule has 0 unspecified atom stereocenters. The van der Waals surface area contributed by atoms with Crippen molar-refractivity contribution < 1.29 is 18.0 Å². The highest BCUT2D eigenvalue weighted by Gasteiger charge is 2.32. The van der Waals surface area contributed by atoms with E-state index in [1.54, 1.807) is 16.2 Å². The minimum Gasteiger partial charge on any atom is -0.349 e. The van der Waals surface area contributed by atoms with Crippen LogP contribution >= 0.6 is 11.6 Å². The molecule has 1 amide bonds. The highest BCUT2D eigenvalue weighted by atomic mass is 35.5. The molecule has 3 aromatic rings. The number of rotatable bonds is 4. The van der Waals surface area contributed by atoms with Gasteiger partial charge in [0.05, 0.1) is 27.2 Å². The molecular formula is C23H23ClF3N3O2. The summed E-state index contributed by atoms with van der Waals surface area (Å²) in [5.74, 6) is -0.321. The lowest BCUT2D eigenvalue weighted by Crippen LogP contribution is -2.38. The van der Waals surface area contributed by atoms with Gasteiger partial charge in [0.1, 0.15) is 0 Å². The molecule has 1 aromatic heterocycles. The number of fused-ring (bicyclic) bond motifs is 1. The van der Waals surface area contributed by atoms with Crippen LogP contribution in [-0.4, -0.2) is 21.1 Å². The fourth-order valence-electron chi connectivity index (χ4n) is 4.43. The fourth-order valence-corrected chi connectivity index (χ4v) is 4.63. The van der Waals surface area contributed by atoms with Gasteiger partial charge in [-0.15, -0.1) is 0 Å². The summed E-state index contributed by atoms with van der Waals surface area (Å²) in [5.41, 5.74) is 0.647. The molecule has 4 rings (SSSR count). The molecule has 1 fully saturated rings. The molecule has 2 aromatic carbocycles. The quantitative estimate of drug-likeness (QED) is 0.589. The predicted molar refractivity (Wildman–Crippen MR) is 117 cm³/mol. The summed E-state index contributed by atoms with van der Waals surface area (Å²) in [5, 5.41) is 2.81. The van der Waals surface area contributed by atoms with Gasteiger partial charge in [-0.2, -0.15) is 13.2 Å². The fraction of sp³-hybridized carbons (Fsp3) is 0.391. The summed E-state index contributed by atoms with van der Waals surface area (Å²) in [6.07, 6.45) is -1.57. The highest BCUT2D eigenvalue weighted by molar-refractivity contribution is 6.33. The Balaban J connectivity index is 1.40. The molecule has 5 nitrogen and oxygen atoms in total. The third-order valence-corrected chi connectivity index (χ3v) is 6.54. The van der Waals surface area contributed by atoms with Crippen LogP contribution in [0.1, 0.15) is 41.6 Å². The van der Waals surface area contributed by atoms with Gasteiger partial charge in [0.25, 0.3) is 5.91 Å². The summed E-state index contributed by atoms with van der Waals surface area (Å²) >= 11 is 5.97. The maximum atomic E-state index is 13.0. The van der Waals surface area contributed by atoms with E-state index in [9.17, 15) is 22.8 Å². The number of nitrogens with zero attached hydrogens (tertiary/aromatic N) is 2. The zero-order valence-corrected chi connectivity index (χ0v) is 18.2. The number of aromatic nitrogens is 2. The van der Waals surface area contributed by atoms with Crippen molar-refractivity contribution in [2.75, 3.05) is 0 Å². The topological polar surface area (TPSA) is 56.0 Å². The number of alkyl halides is 3. The summed E-state index contributed by atoms with van der Waals surface area (Å²) in [6, 6.07) is 10.3. The largest absolute Gasteiger partial charge is 0.416 e. The molecule has 1 saturated carbocycles. The Morgan fingerprint density at radius 3 is 2.41 bits per heavy atom. The predicted octanol–water partition coefficient (Wildman–Crippen LogP) is 5.00. The molecule has 170 valence electrons. The van der Waals surface area contributed by atoms with E-state index in [0.29, 0.717) is 19.4 Å². The Labute approximate surface area is 187 Å². The molecule has 9 heteroatoms. The maximum absolute atomic E-state index is 13.0. The van der Waals surface area contributed by atoms with Crippen molar-refractivity contribution in [3.05, 3.63) is 69.1 Å². The maximum Gasteiger partial charge on any atom is 0.416 e. The molecule has 0 saturated heterocycles. The first-order valence-electron chi connectivity index (χ1n) is 10.5. The first-order valence-corrected chi connectivity index (χ1v) is 10.8. The lowest BCUT2D eigenvalue weighted by molar-refractivity contribution is -0.137.